The van der Waals surface area contributed by atoms with Gasteiger partial charge in [-0.05, 0) is 45.0 Å². The molecule has 3 nitrogen and oxygen atoms in total. The number of carbonyl (C=O) groups excluding carboxylic acids is 1. The Kier molecular flexibility index (Phi) is 6.17. The molecule has 1 unspecified atom stereocenters. The minimum atomic E-state index is -1.65. The van der Waals surface area contributed by atoms with Gasteiger partial charge in [-0.1, -0.05) is 50.7 Å². The third kappa shape index (κ3) is 6.19. The second-order valence-electron chi connectivity index (χ2n) is 5.35. The van der Waals surface area contributed by atoms with E-state index in [-0.39, 0.29) is 11.4 Å². The molecule has 2 N–H and O–H groups in total. The van der Waals surface area contributed by atoms with Crippen molar-refractivity contribution in [1.82, 2.24) is 10.6 Å². The molecule has 0 aliphatic heterocycles. The number of alkyl halides is 3. The van der Waals surface area contributed by atoms with Gasteiger partial charge in [-0.15, -0.1) is 0 Å². The first-order chi connectivity index (χ1) is 8.99. The van der Waals surface area contributed by atoms with Crippen molar-refractivity contribution in [3.63, 3.8) is 0 Å². The van der Waals surface area contributed by atoms with Gasteiger partial charge in [0.2, 0.25) is 3.79 Å². The van der Waals surface area contributed by atoms with E-state index < -0.39 is 9.96 Å². The maximum atomic E-state index is 12.2. The van der Waals surface area contributed by atoms with Crippen molar-refractivity contribution in [2.75, 3.05) is 0 Å². The first kappa shape index (κ1) is 18.1. The molecule has 0 aliphatic rings. The lowest BCUT2D eigenvalue weighted by Gasteiger charge is -2.33. The Morgan fingerprint density at radius 2 is 1.65 bits per heavy atom. The van der Waals surface area contributed by atoms with E-state index in [9.17, 15) is 4.79 Å². The fourth-order valence-electron chi connectivity index (χ4n) is 1.45. The van der Waals surface area contributed by atoms with E-state index >= 15 is 0 Å². The first-order valence-electron chi connectivity index (χ1n) is 5.90. The van der Waals surface area contributed by atoms with Crippen LogP contribution in [0.25, 0.3) is 0 Å². The lowest BCUT2D eigenvalue weighted by molar-refractivity contribution is 0.0922. The molecule has 0 radical (unpaired) electrons. The summed E-state index contributed by atoms with van der Waals surface area (Å²) in [7, 11) is 0. The summed E-state index contributed by atoms with van der Waals surface area (Å²) < 4.78 is -0.766. The predicted octanol–water partition coefficient (Wildman–Crippen LogP) is 4.26. The smallest absolute Gasteiger partial charge is 0.252 e. The normalized spacial score (nSPS) is 13.9. The Hall–Kier alpha value is -0.000000000000000111. The molecule has 1 amide bonds. The quantitative estimate of drug-likeness (QED) is 0.586. The highest BCUT2D eigenvalue weighted by atomic mass is 79.9. The Balaban J connectivity index is 2.84. The second kappa shape index (κ2) is 6.84. The third-order valence-corrected chi connectivity index (χ3v) is 3.47. The minimum absolute atomic E-state index is 0.314. The molecule has 1 aromatic carbocycles. The maximum absolute atomic E-state index is 12.2. The summed E-state index contributed by atoms with van der Waals surface area (Å²) >= 11 is 21.0. The van der Waals surface area contributed by atoms with Gasteiger partial charge in [-0.3, -0.25) is 10.1 Å². The van der Waals surface area contributed by atoms with E-state index in [1.807, 2.05) is 20.8 Å². The molecule has 0 saturated carbocycles. The Morgan fingerprint density at radius 1 is 1.15 bits per heavy atom. The number of carbonyl (C=O) groups is 1. The van der Waals surface area contributed by atoms with Crippen LogP contribution in [0.5, 0.6) is 0 Å². The predicted molar refractivity (Wildman–Crippen MR) is 88.6 cm³/mol. The third-order valence-electron chi connectivity index (χ3n) is 2.29. The van der Waals surface area contributed by atoms with Crippen LogP contribution in [-0.2, 0) is 0 Å². The van der Waals surface area contributed by atoms with E-state index in [0.29, 0.717) is 5.56 Å². The summed E-state index contributed by atoms with van der Waals surface area (Å²) in [4.78, 5) is 12.2. The molecule has 1 rings (SSSR count). The Bertz CT molecular complexity index is 466. The Labute approximate surface area is 142 Å². The number of hydrogen-bond donors (Lipinski definition) is 2. The van der Waals surface area contributed by atoms with Crippen LogP contribution < -0.4 is 10.6 Å². The average molecular weight is 403 g/mol. The lowest BCUT2D eigenvalue weighted by Crippen LogP contribution is -2.58. The molecule has 1 aromatic rings. The SMILES string of the molecule is CC(C)(C)NC(NC(=O)c1ccc(Br)cc1)C(Cl)(Cl)Cl. The van der Waals surface area contributed by atoms with Crippen LogP contribution in [0.2, 0.25) is 0 Å². The van der Waals surface area contributed by atoms with Crippen molar-refractivity contribution in [3.05, 3.63) is 34.3 Å². The minimum Gasteiger partial charge on any atom is -0.333 e. The fraction of sp³-hybridized carbons (Fsp3) is 0.462. The van der Waals surface area contributed by atoms with E-state index in [1.165, 1.54) is 0 Å². The van der Waals surface area contributed by atoms with Crippen molar-refractivity contribution < 1.29 is 4.79 Å². The van der Waals surface area contributed by atoms with Gasteiger partial charge >= 0.3 is 0 Å². The zero-order valence-corrected chi connectivity index (χ0v) is 15.2. The molecule has 0 aliphatic carbocycles. The monoisotopic (exact) mass is 400 g/mol. The van der Waals surface area contributed by atoms with Crippen LogP contribution in [0, 0.1) is 0 Å². The molecule has 0 bridgehead atoms. The van der Waals surface area contributed by atoms with Crippen molar-refractivity contribution in [1.29, 1.82) is 0 Å². The van der Waals surface area contributed by atoms with Gasteiger partial charge < -0.3 is 5.32 Å². The van der Waals surface area contributed by atoms with Gasteiger partial charge in [0.25, 0.3) is 5.91 Å². The molecular formula is C13H16BrCl3N2O. The zero-order chi connectivity index (χ0) is 15.6. The van der Waals surface area contributed by atoms with Crippen LogP contribution in [0.15, 0.2) is 28.7 Å². The molecule has 112 valence electrons. The highest BCUT2D eigenvalue weighted by Crippen LogP contribution is 2.30. The molecule has 1 atom stereocenters. The van der Waals surface area contributed by atoms with Gasteiger partial charge in [-0.25, -0.2) is 0 Å². The van der Waals surface area contributed by atoms with Crippen molar-refractivity contribution >= 4 is 56.6 Å². The summed E-state index contributed by atoms with van der Waals surface area (Å²) in [5, 5.41) is 5.76. The summed E-state index contributed by atoms with van der Waals surface area (Å²) in [6.07, 6.45) is -0.802. The van der Waals surface area contributed by atoms with Crippen molar-refractivity contribution in [3.8, 4) is 0 Å². The van der Waals surface area contributed by atoms with Crippen LogP contribution in [0.3, 0.4) is 0 Å². The van der Waals surface area contributed by atoms with Crippen LogP contribution >= 0.6 is 50.7 Å². The largest absolute Gasteiger partial charge is 0.333 e. The first-order valence-corrected chi connectivity index (χ1v) is 7.82. The standard InChI is InChI=1S/C13H16BrCl3N2O/c1-12(2,3)19-11(13(15,16)17)18-10(20)8-4-6-9(14)7-5-8/h4-7,11,19H,1-3H3,(H,18,20). The highest BCUT2D eigenvalue weighted by molar-refractivity contribution is 9.10. The van der Waals surface area contributed by atoms with E-state index in [1.54, 1.807) is 24.3 Å². The highest BCUT2D eigenvalue weighted by Gasteiger charge is 2.36. The molecule has 0 saturated heterocycles. The molecule has 7 heteroatoms. The number of benzene rings is 1. The van der Waals surface area contributed by atoms with Gasteiger partial charge in [-0.2, -0.15) is 0 Å². The Morgan fingerprint density at radius 3 is 2.05 bits per heavy atom. The zero-order valence-electron chi connectivity index (χ0n) is 11.3. The number of nitrogens with one attached hydrogen (secondary N) is 2. The summed E-state index contributed by atoms with van der Waals surface area (Å²) in [6, 6.07) is 6.92. The van der Waals surface area contributed by atoms with Crippen LogP contribution in [0.1, 0.15) is 31.1 Å². The second-order valence-corrected chi connectivity index (χ2v) is 8.63. The number of hydrogen-bond acceptors (Lipinski definition) is 2. The van der Waals surface area contributed by atoms with Crippen molar-refractivity contribution in [2.45, 2.75) is 36.3 Å². The average Bonchev–Trinajstić information content (AvgIpc) is 2.25. The number of halogens is 4. The molecule has 0 aromatic heterocycles. The van der Waals surface area contributed by atoms with E-state index in [0.717, 1.165) is 4.47 Å². The maximum Gasteiger partial charge on any atom is 0.252 e. The summed E-state index contributed by atoms with van der Waals surface area (Å²) in [6.45, 7) is 5.76. The van der Waals surface area contributed by atoms with Gasteiger partial charge in [0, 0.05) is 15.6 Å². The number of rotatable bonds is 3. The molecule has 20 heavy (non-hydrogen) atoms. The van der Waals surface area contributed by atoms with Crippen LogP contribution in [-0.4, -0.2) is 21.4 Å². The van der Waals surface area contributed by atoms with Crippen LogP contribution in [0.4, 0.5) is 0 Å². The topological polar surface area (TPSA) is 41.1 Å². The number of amides is 1. The van der Waals surface area contributed by atoms with E-state index in [2.05, 4.69) is 26.6 Å². The molecular weight excluding hydrogens is 386 g/mol. The molecule has 0 fully saturated rings. The summed E-state index contributed by atoms with van der Waals surface area (Å²) in [5.74, 6) is -0.314. The lowest BCUT2D eigenvalue weighted by atomic mass is 10.1. The van der Waals surface area contributed by atoms with Gasteiger partial charge in [0.05, 0.1) is 0 Å². The van der Waals surface area contributed by atoms with E-state index in [4.69, 9.17) is 34.8 Å². The van der Waals surface area contributed by atoms with Crippen molar-refractivity contribution in [2.24, 2.45) is 0 Å². The molecule has 0 spiro atoms. The fourth-order valence-corrected chi connectivity index (χ4v) is 2.04. The van der Waals surface area contributed by atoms with Gasteiger partial charge in [0.15, 0.2) is 0 Å². The summed E-state index contributed by atoms with van der Waals surface area (Å²) in [5.41, 5.74) is 0.171. The molecule has 0 heterocycles. The van der Waals surface area contributed by atoms with Gasteiger partial charge in [0.1, 0.15) is 6.17 Å².